The van der Waals surface area contributed by atoms with Crippen molar-refractivity contribution in [2.45, 2.75) is 33.2 Å². The van der Waals surface area contributed by atoms with Crippen molar-refractivity contribution in [1.82, 2.24) is 0 Å². The first-order chi connectivity index (χ1) is 8.95. The summed E-state index contributed by atoms with van der Waals surface area (Å²) in [5, 5.41) is 0. The third-order valence-corrected chi connectivity index (χ3v) is 3.87. The Bertz CT molecular complexity index is 570. The molecule has 0 aliphatic carbocycles. The van der Waals surface area contributed by atoms with Crippen LogP contribution in [0.4, 0.5) is 0 Å². The van der Waals surface area contributed by atoms with Crippen molar-refractivity contribution in [2.75, 3.05) is 0 Å². The summed E-state index contributed by atoms with van der Waals surface area (Å²) >= 11 is 3.52. The highest BCUT2D eigenvalue weighted by atomic mass is 79.9. The second kappa shape index (κ2) is 5.89. The zero-order valence-corrected chi connectivity index (χ0v) is 13.3. The minimum atomic E-state index is 0.0405. The van der Waals surface area contributed by atoms with Gasteiger partial charge in [0.25, 0.3) is 0 Å². The molecule has 1 atom stereocenters. The molecular weight excluding hydrogens is 298 g/mol. The predicted molar refractivity (Wildman–Crippen MR) is 85.4 cm³/mol. The fraction of sp³-hybridized carbons (Fsp3) is 0.294. The van der Waals surface area contributed by atoms with E-state index in [4.69, 9.17) is 5.73 Å². The zero-order chi connectivity index (χ0) is 14.0. The van der Waals surface area contributed by atoms with Crippen molar-refractivity contribution in [2.24, 2.45) is 5.73 Å². The predicted octanol–water partition coefficient (Wildman–Crippen LogP) is 4.62. The second-order valence-electron chi connectivity index (χ2n) is 5.31. The van der Waals surface area contributed by atoms with Gasteiger partial charge in [0.2, 0.25) is 0 Å². The molecular formula is C17H20BrN. The van der Waals surface area contributed by atoms with Gasteiger partial charge in [0.1, 0.15) is 0 Å². The van der Waals surface area contributed by atoms with Gasteiger partial charge in [-0.25, -0.2) is 0 Å². The zero-order valence-electron chi connectivity index (χ0n) is 11.7. The van der Waals surface area contributed by atoms with Gasteiger partial charge in [0, 0.05) is 10.5 Å². The molecule has 0 fully saturated rings. The van der Waals surface area contributed by atoms with E-state index in [2.05, 4.69) is 73.1 Å². The minimum Gasteiger partial charge on any atom is -0.324 e. The first kappa shape index (κ1) is 14.3. The molecule has 2 heteroatoms. The molecule has 2 rings (SSSR count). The van der Waals surface area contributed by atoms with Crippen LogP contribution in [0.5, 0.6) is 0 Å². The molecule has 2 aromatic carbocycles. The lowest BCUT2D eigenvalue weighted by Gasteiger charge is -2.16. The quantitative estimate of drug-likeness (QED) is 0.878. The Kier molecular flexibility index (Phi) is 4.43. The van der Waals surface area contributed by atoms with Gasteiger partial charge >= 0.3 is 0 Å². The van der Waals surface area contributed by atoms with E-state index in [-0.39, 0.29) is 6.04 Å². The standard InChI is InChI=1S/C17H20BrN/c1-11-6-12(2)8-14(7-11)9-17(19)16-10-15(18)5-4-13(16)3/h4-8,10,17H,9,19H2,1-3H3. The van der Waals surface area contributed by atoms with Crippen molar-refractivity contribution in [3.63, 3.8) is 0 Å². The number of hydrogen-bond acceptors (Lipinski definition) is 1. The van der Waals surface area contributed by atoms with Crippen molar-refractivity contribution < 1.29 is 0 Å². The summed E-state index contributed by atoms with van der Waals surface area (Å²) in [5.41, 5.74) is 12.8. The molecule has 1 nitrogen and oxygen atoms in total. The van der Waals surface area contributed by atoms with Crippen LogP contribution in [0.15, 0.2) is 40.9 Å². The molecule has 0 aliphatic heterocycles. The second-order valence-corrected chi connectivity index (χ2v) is 6.22. The molecule has 2 N–H and O–H groups in total. The minimum absolute atomic E-state index is 0.0405. The number of rotatable bonds is 3. The fourth-order valence-electron chi connectivity index (χ4n) is 2.56. The highest BCUT2D eigenvalue weighted by Crippen LogP contribution is 2.24. The Morgan fingerprint density at radius 2 is 1.63 bits per heavy atom. The summed E-state index contributed by atoms with van der Waals surface area (Å²) in [7, 11) is 0. The largest absolute Gasteiger partial charge is 0.324 e. The van der Waals surface area contributed by atoms with Gasteiger partial charge in [-0.2, -0.15) is 0 Å². The molecule has 0 saturated carbocycles. The Labute approximate surface area is 124 Å². The Hall–Kier alpha value is -1.12. The van der Waals surface area contributed by atoms with E-state index in [1.165, 1.54) is 27.8 Å². The average Bonchev–Trinajstić information content (AvgIpc) is 2.30. The molecule has 19 heavy (non-hydrogen) atoms. The van der Waals surface area contributed by atoms with Gasteiger partial charge < -0.3 is 5.73 Å². The Morgan fingerprint density at radius 1 is 1.00 bits per heavy atom. The highest BCUT2D eigenvalue weighted by molar-refractivity contribution is 9.10. The number of nitrogens with two attached hydrogens (primary N) is 1. The lowest BCUT2D eigenvalue weighted by atomic mass is 9.94. The van der Waals surface area contributed by atoms with Crippen molar-refractivity contribution >= 4 is 15.9 Å². The number of halogens is 1. The van der Waals surface area contributed by atoms with Crippen LogP contribution >= 0.6 is 15.9 Å². The van der Waals surface area contributed by atoms with Crippen LogP contribution in [-0.4, -0.2) is 0 Å². The number of hydrogen-bond donors (Lipinski definition) is 1. The van der Waals surface area contributed by atoms with Crippen LogP contribution in [0.25, 0.3) is 0 Å². The van der Waals surface area contributed by atoms with Crippen molar-refractivity contribution in [1.29, 1.82) is 0 Å². The van der Waals surface area contributed by atoms with E-state index < -0.39 is 0 Å². The van der Waals surface area contributed by atoms with Crippen molar-refractivity contribution in [3.05, 3.63) is 68.7 Å². The lowest BCUT2D eigenvalue weighted by Crippen LogP contribution is -2.15. The van der Waals surface area contributed by atoms with E-state index in [1.807, 2.05) is 0 Å². The van der Waals surface area contributed by atoms with Gasteiger partial charge in [0.15, 0.2) is 0 Å². The molecule has 0 bridgehead atoms. The van der Waals surface area contributed by atoms with Crippen LogP contribution in [-0.2, 0) is 6.42 Å². The third-order valence-electron chi connectivity index (χ3n) is 3.38. The highest BCUT2D eigenvalue weighted by Gasteiger charge is 2.11. The summed E-state index contributed by atoms with van der Waals surface area (Å²) in [6.45, 7) is 6.38. The first-order valence-corrected chi connectivity index (χ1v) is 7.34. The maximum atomic E-state index is 6.38. The van der Waals surface area contributed by atoms with Crippen LogP contribution in [0.1, 0.15) is 33.9 Å². The fourth-order valence-corrected chi connectivity index (χ4v) is 2.94. The number of benzene rings is 2. The molecule has 2 aromatic rings. The van der Waals surface area contributed by atoms with E-state index in [9.17, 15) is 0 Å². The van der Waals surface area contributed by atoms with E-state index in [1.54, 1.807) is 0 Å². The van der Waals surface area contributed by atoms with E-state index >= 15 is 0 Å². The molecule has 1 unspecified atom stereocenters. The summed E-state index contributed by atoms with van der Waals surface area (Å²) < 4.78 is 1.09. The summed E-state index contributed by atoms with van der Waals surface area (Å²) in [5.74, 6) is 0. The van der Waals surface area contributed by atoms with Gasteiger partial charge in [-0.05, 0) is 56.0 Å². The van der Waals surface area contributed by atoms with Gasteiger partial charge in [0.05, 0.1) is 0 Å². The van der Waals surface area contributed by atoms with E-state index in [0.717, 1.165) is 10.9 Å². The average molecular weight is 318 g/mol. The summed E-state index contributed by atoms with van der Waals surface area (Å²) in [6, 6.07) is 13.0. The molecule has 0 amide bonds. The third kappa shape index (κ3) is 3.68. The number of aryl methyl sites for hydroxylation is 3. The van der Waals surface area contributed by atoms with Crippen molar-refractivity contribution in [3.8, 4) is 0 Å². The van der Waals surface area contributed by atoms with Crippen LogP contribution < -0.4 is 5.73 Å². The first-order valence-electron chi connectivity index (χ1n) is 6.54. The molecule has 0 heterocycles. The SMILES string of the molecule is Cc1cc(C)cc(CC(N)c2cc(Br)ccc2C)c1. The normalized spacial score (nSPS) is 12.5. The van der Waals surface area contributed by atoms with Crippen LogP contribution in [0, 0.1) is 20.8 Å². The Morgan fingerprint density at radius 3 is 2.26 bits per heavy atom. The topological polar surface area (TPSA) is 26.0 Å². The molecule has 100 valence electrons. The van der Waals surface area contributed by atoms with Crippen LogP contribution in [0.3, 0.4) is 0 Å². The maximum absolute atomic E-state index is 6.38. The van der Waals surface area contributed by atoms with Gasteiger partial charge in [-0.1, -0.05) is 51.3 Å². The maximum Gasteiger partial charge on any atom is 0.0338 e. The van der Waals surface area contributed by atoms with Gasteiger partial charge in [-0.15, -0.1) is 0 Å². The Balaban J connectivity index is 2.25. The van der Waals surface area contributed by atoms with Gasteiger partial charge in [-0.3, -0.25) is 0 Å². The monoisotopic (exact) mass is 317 g/mol. The van der Waals surface area contributed by atoms with Crippen LogP contribution in [0.2, 0.25) is 0 Å². The summed E-state index contributed by atoms with van der Waals surface area (Å²) in [4.78, 5) is 0. The molecule has 0 aromatic heterocycles. The smallest absolute Gasteiger partial charge is 0.0338 e. The lowest BCUT2D eigenvalue weighted by molar-refractivity contribution is 0.715. The molecule has 0 saturated heterocycles. The molecule has 0 aliphatic rings. The molecule has 0 radical (unpaired) electrons. The summed E-state index contributed by atoms with van der Waals surface area (Å²) in [6.07, 6.45) is 0.875. The molecule has 0 spiro atoms. The van der Waals surface area contributed by atoms with E-state index in [0.29, 0.717) is 0 Å².